The van der Waals surface area contributed by atoms with Crippen LogP contribution in [-0.2, 0) is 14.4 Å². The number of nitrogens with zero attached hydrogens (tertiary/aromatic N) is 3. The van der Waals surface area contributed by atoms with Crippen LogP contribution >= 0.6 is 0 Å². The van der Waals surface area contributed by atoms with Crippen molar-refractivity contribution in [1.29, 1.82) is 0 Å². The maximum absolute atomic E-state index is 14.8. The van der Waals surface area contributed by atoms with Crippen molar-refractivity contribution in [3.63, 3.8) is 0 Å². The summed E-state index contributed by atoms with van der Waals surface area (Å²) >= 11 is 0. The fraction of sp³-hybridized carbons (Fsp3) is 0.500. The van der Waals surface area contributed by atoms with Crippen molar-refractivity contribution < 1.29 is 37.9 Å². The van der Waals surface area contributed by atoms with Crippen molar-refractivity contribution in [2.45, 2.75) is 25.9 Å². The topological polar surface area (TPSA) is 112 Å². The minimum Gasteiger partial charge on any atom is -0.444 e. The molecule has 0 spiro atoms. The van der Waals surface area contributed by atoms with Gasteiger partial charge in [-0.15, -0.1) is 0 Å². The smallest absolute Gasteiger partial charge is 0.414 e. The summed E-state index contributed by atoms with van der Waals surface area (Å²) in [4.78, 5) is 42.3. The van der Waals surface area contributed by atoms with Crippen molar-refractivity contribution in [3.8, 4) is 0 Å². The molecule has 0 radical (unpaired) electrons. The Bertz CT molecular complexity index is 816. The first kappa shape index (κ1) is 21.7. The van der Waals surface area contributed by atoms with E-state index in [9.17, 15) is 23.2 Å². The second kappa shape index (κ2) is 9.22. The lowest BCUT2D eigenvalue weighted by Gasteiger charge is -2.24. The third kappa shape index (κ3) is 4.76. The van der Waals surface area contributed by atoms with E-state index < -0.39 is 29.9 Å². The second-order valence-electron chi connectivity index (χ2n) is 6.95. The fourth-order valence-electron chi connectivity index (χ4n) is 3.35. The molecule has 2 aliphatic rings. The van der Waals surface area contributed by atoms with E-state index in [0.29, 0.717) is 6.42 Å². The van der Waals surface area contributed by atoms with Gasteiger partial charge in [0.2, 0.25) is 0 Å². The van der Waals surface area contributed by atoms with Crippen molar-refractivity contribution >= 4 is 29.3 Å². The van der Waals surface area contributed by atoms with Crippen molar-refractivity contribution in [1.82, 2.24) is 10.5 Å². The molecule has 2 fully saturated rings. The van der Waals surface area contributed by atoms with Crippen LogP contribution in [0.15, 0.2) is 12.1 Å². The summed E-state index contributed by atoms with van der Waals surface area (Å²) in [7, 11) is 0. The Labute approximate surface area is 170 Å². The van der Waals surface area contributed by atoms with E-state index in [0.717, 1.165) is 22.1 Å². The van der Waals surface area contributed by atoms with Gasteiger partial charge in [0.1, 0.15) is 17.6 Å². The number of amides is 3. The molecule has 30 heavy (non-hydrogen) atoms. The predicted molar refractivity (Wildman–Crippen MR) is 99.1 cm³/mol. The van der Waals surface area contributed by atoms with E-state index in [2.05, 4.69) is 0 Å². The largest absolute Gasteiger partial charge is 0.444 e. The highest BCUT2D eigenvalue weighted by Crippen LogP contribution is 2.32. The van der Waals surface area contributed by atoms with Crippen LogP contribution in [0.25, 0.3) is 0 Å². The molecular weight excluding hydrogens is 406 g/mol. The van der Waals surface area contributed by atoms with Gasteiger partial charge in [0.25, 0.3) is 0 Å². The third-order valence-electron chi connectivity index (χ3n) is 4.83. The Hall–Kier alpha value is -2.99. The number of urea groups is 1. The molecule has 10 nitrogen and oxygen atoms in total. The summed E-state index contributed by atoms with van der Waals surface area (Å²) in [6.07, 6.45) is -0.676. The first-order valence-corrected chi connectivity index (χ1v) is 9.36. The van der Waals surface area contributed by atoms with Gasteiger partial charge in [0.05, 0.1) is 25.4 Å². The molecule has 2 heterocycles. The molecule has 2 aliphatic heterocycles. The number of hydroxylamine groups is 3. The normalized spacial score (nSPS) is 19.5. The van der Waals surface area contributed by atoms with Gasteiger partial charge >= 0.3 is 12.1 Å². The van der Waals surface area contributed by atoms with Crippen LogP contribution in [0.3, 0.4) is 0 Å². The summed E-state index contributed by atoms with van der Waals surface area (Å²) in [5, 5.41) is 9.52. The average Bonchev–Trinajstić information content (AvgIpc) is 2.90. The van der Waals surface area contributed by atoms with Gasteiger partial charge in [-0.05, 0) is 13.3 Å². The molecule has 2 saturated heterocycles. The van der Waals surface area contributed by atoms with Crippen LogP contribution in [0.1, 0.15) is 19.8 Å². The number of halogens is 2. The number of ether oxygens (including phenoxy) is 1. The lowest BCUT2D eigenvalue weighted by atomic mass is 10.1. The van der Waals surface area contributed by atoms with Crippen LogP contribution in [0, 0.1) is 11.6 Å². The number of carbonyl (C=O) groups excluding carboxylic acids is 3. The molecule has 0 unspecified atom stereocenters. The van der Waals surface area contributed by atoms with Gasteiger partial charge in [0, 0.05) is 31.6 Å². The molecule has 12 heteroatoms. The van der Waals surface area contributed by atoms with Crippen molar-refractivity contribution in [2.24, 2.45) is 0 Å². The Morgan fingerprint density at radius 1 is 1.23 bits per heavy atom. The number of benzene rings is 1. The molecule has 1 aromatic rings. The van der Waals surface area contributed by atoms with Crippen LogP contribution in [-0.4, -0.2) is 67.1 Å². The molecule has 3 rings (SSSR count). The maximum atomic E-state index is 14.8. The van der Waals surface area contributed by atoms with E-state index in [1.54, 1.807) is 0 Å². The minimum absolute atomic E-state index is 0.0106. The summed E-state index contributed by atoms with van der Waals surface area (Å²) < 4.78 is 34.8. The molecule has 164 valence electrons. The first-order valence-electron chi connectivity index (χ1n) is 9.36. The van der Waals surface area contributed by atoms with E-state index >= 15 is 0 Å². The van der Waals surface area contributed by atoms with Gasteiger partial charge in [0.15, 0.2) is 11.6 Å². The third-order valence-corrected chi connectivity index (χ3v) is 4.83. The molecule has 3 amide bonds. The standard InChI is InChI=1S/C18H22F2N4O6/c1-11(25)2-3-13-10-23(18(27)30-13)12-8-14(19)16(15(20)9-12)22-4-5-24(17(26)21-28)29-7-6-22/h8-9,13,28H,2-7,10H2,1H3,(H,21,26)/t13-/m0/s1. The summed E-state index contributed by atoms with van der Waals surface area (Å²) in [5.41, 5.74) is 1.13. The lowest BCUT2D eigenvalue weighted by Crippen LogP contribution is -2.40. The van der Waals surface area contributed by atoms with Crippen molar-refractivity contribution in [2.75, 3.05) is 42.6 Å². The van der Waals surface area contributed by atoms with Gasteiger partial charge in [-0.3, -0.25) is 14.9 Å². The average molecular weight is 428 g/mol. The number of hydrogen-bond donors (Lipinski definition) is 2. The summed E-state index contributed by atoms with van der Waals surface area (Å²) in [6, 6.07) is 1.19. The fourth-order valence-corrected chi connectivity index (χ4v) is 3.35. The van der Waals surface area contributed by atoms with Crippen LogP contribution in [0.2, 0.25) is 0 Å². The zero-order valence-electron chi connectivity index (χ0n) is 16.3. The second-order valence-corrected chi connectivity index (χ2v) is 6.95. The Balaban J connectivity index is 1.73. The molecule has 0 saturated carbocycles. The molecule has 2 N–H and O–H groups in total. The van der Waals surface area contributed by atoms with E-state index in [1.165, 1.54) is 17.3 Å². The minimum atomic E-state index is -0.889. The monoisotopic (exact) mass is 428 g/mol. The van der Waals surface area contributed by atoms with E-state index in [1.807, 2.05) is 0 Å². The number of carbonyl (C=O) groups is 3. The number of nitrogens with one attached hydrogen (secondary N) is 1. The first-order chi connectivity index (χ1) is 14.3. The Morgan fingerprint density at radius 3 is 2.57 bits per heavy atom. The quantitative estimate of drug-likeness (QED) is 0.543. The van der Waals surface area contributed by atoms with Crippen LogP contribution in [0.5, 0.6) is 0 Å². The number of cyclic esters (lactones) is 1. The SMILES string of the molecule is CC(=O)CC[C@H]1CN(c2cc(F)c(N3CCON(C(=O)NO)CC3)c(F)c2)C(=O)O1. The highest BCUT2D eigenvalue weighted by molar-refractivity contribution is 5.90. The highest BCUT2D eigenvalue weighted by atomic mass is 19.1. The maximum Gasteiger partial charge on any atom is 0.414 e. The van der Waals surface area contributed by atoms with Gasteiger partial charge in [-0.2, -0.15) is 5.06 Å². The highest BCUT2D eigenvalue weighted by Gasteiger charge is 2.34. The van der Waals surface area contributed by atoms with Crippen molar-refractivity contribution in [3.05, 3.63) is 23.8 Å². The predicted octanol–water partition coefficient (Wildman–Crippen LogP) is 1.81. The molecule has 0 aromatic heterocycles. The number of anilines is 2. The number of rotatable bonds is 5. The molecule has 0 aliphatic carbocycles. The molecule has 1 aromatic carbocycles. The summed E-state index contributed by atoms with van der Waals surface area (Å²) in [5.74, 6) is -1.81. The lowest BCUT2D eigenvalue weighted by molar-refractivity contribution is -0.117. The Morgan fingerprint density at radius 2 is 1.93 bits per heavy atom. The van der Waals surface area contributed by atoms with Gasteiger partial charge < -0.3 is 14.4 Å². The van der Waals surface area contributed by atoms with Gasteiger partial charge in [-0.25, -0.2) is 23.9 Å². The summed E-state index contributed by atoms with van der Waals surface area (Å²) in [6.45, 7) is 1.60. The molecule has 0 bridgehead atoms. The zero-order valence-corrected chi connectivity index (χ0v) is 16.3. The van der Waals surface area contributed by atoms with Crippen LogP contribution < -0.4 is 15.3 Å². The zero-order chi connectivity index (χ0) is 21.8. The Kier molecular flexibility index (Phi) is 6.67. The van der Waals surface area contributed by atoms with E-state index in [4.69, 9.17) is 14.8 Å². The van der Waals surface area contributed by atoms with Crippen LogP contribution in [0.4, 0.5) is 29.7 Å². The molecule has 1 atom stereocenters. The van der Waals surface area contributed by atoms with E-state index in [-0.39, 0.29) is 56.4 Å². The number of hydrogen-bond acceptors (Lipinski definition) is 7. The number of ketones is 1. The molecular formula is C18H22F2N4O6. The van der Waals surface area contributed by atoms with Gasteiger partial charge in [-0.1, -0.05) is 0 Å². The number of Topliss-reactive ketones (excluding diaryl/α,β-unsaturated/α-hetero) is 1.